The second kappa shape index (κ2) is 8.17. The Kier molecular flexibility index (Phi) is 6.21. The number of hydrogen-bond acceptors (Lipinski definition) is 6. The number of carbonyl (C=O) groups is 2. The number of carboxylic acid groups (broad SMARTS) is 1. The van der Waals surface area contributed by atoms with Crippen molar-refractivity contribution in [2.24, 2.45) is 0 Å². The lowest BCUT2D eigenvalue weighted by molar-refractivity contribution is 0.0296. The van der Waals surface area contributed by atoms with E-state index in [9.17, 15) is 18.0 Å². The molecule has 2 amide bonds. The summed E-state index contributed by atoms with van der Waals surface area (Å²) in [7, 11) is -3.71. The van der Waals surface area contributed by atoms with Crippen LogP contribution in [0.4, 0.5) is 9.59 Å². The van der Waals surface area contributed by atoms with E-state index in [1.165, 1.54) is 4.90 Å². The monoisotopic (exact) mass is 372 g/mol. The van der Waals surface area contributed by atoms with Gasteiger partial charge in [-0.25, -0.2) is 9.59 Å². The van der Waals surface area contributed by atoms with Crippen molar-refractivity contribution in [1.29, 1.82) is 0 Å². The zero-order valence-electron chi connectivity index (χ0n) is 13.7. The highest BCUT2D eigenvalue weighted by Crippen LogP contribution is 2.14. The molecular formula is C15H20N2O7S. The van der Waals surface area contributed by atoms with Crippen LogP contribution in [0.1, 0.15) is 5.56 Å². The highest BCUT2D eigenvalue weighted by Gasteiger charge is 2.34. The van der Waals surface area contributed by atoms with Gasteiger partial charge >= 0.3 is 12.2 Å². The van der Waals surface area contributed by atoms with Crippen LogP contribution in [0.2, 0.25) is 0 Å². The molecule has 9 nitrogen and oxygen atoms in total. The van der Waals surface area contributed by atoms with Gasteiger partial charge in [-0.1, -0.05) is 30.3 Å². The molecule has 0 aliphatic carbocycles. The number of rotatable bonds is 5. The molecule has 1 fully saturated rings. The molecule has 2 rings (SSSR count). The summed E-state index contributed by atoms with van der Waals surface area (Å²) < 4.78 is 32.4. The van der Waals surface area contributed by atoms with Gasteiger partial charge in [0.15, 0.2) is 0 Å². The van der Waals surface area contributed by atoms with Gasteiger partial charge in [0.1, 0.15) is 6.61 Å². The summed E-state index contributed by atoms with van der Waals surface area (Å²) in [5.74, 6) is 0. The summed E-state index contributed by atoms with van der Waals surface area (Å²) in [6, 6.07) is 8.34. The van der Waals surface area contributed by atoms with Crippen molar-refractivity contribution in [3.8, 4) is 0 Å². The molecule has 25 heavy (non-hydrogen) atoms. The van der Waals surface area contributed by atoms with Crippen LogP contribution in [0.15, 0.2) is 30.3 Å². The van der Waals surface area contributed by atoms with Crippen molar-refractivity contribution in [2.75, 3.05) is 32.5 Å². The van der Waals surface area contributed by atoms with Gasteiger partial charge in [-0.3, -0.25) is 9.08 Å². The lowest BCUT2D eigenvalue weighted by atomic mass is 10.2. The molecule has 1 saturated heterocycles. The first kappa shape index (κ1) is 19.0. The molecule has 1 atom stereocenters. The maximum absolute atomic E-state index is 12.3. The van der Waals surface area contributed by atoms with Crippen molar-refractivity contribution in [1.82, 2.24) is 9.80 Å². The average Bonchev–Trinajstić information content (AvgIpc) is 2.57. The highest BCUT2D eigenvalue weighted by molar-refractivity contribution is 7.85. The predicted octanol–water partition coefficient (Wildman–Crippen LogP) is 0.964. The maximum Gasteiger partial charge on any atom is 0.410 e. The Balaban J connectivity index is 2.01. The molecule has 10 heteroatoms. The Morgan fingerprint density at radius 1 is 1.24 bits per heavy atom. The Labute approximate surface area is 145 Å². The molecule has 1 aromatic rings. The van der Waals surface area contributed by atoms with Crippen molar-refractivity contribution in [3.63, 3.8) is 0 Å². The lowest BCUT2D eigenvalue weighted by Gasteiger charge is -2.39. The van der Waals surface area contributed by atoms with Gasteiger partial charge < -0.3 is 14.7 Å². The van der Waals surface area contributed by atoms with E-state index in [1.54, 1.807) is 12.1 Å². The summed E-state index contributed by atoms with van der Waals surface area (Å²) >= 11 is 0. The van der Waals surface area contributed by atoms with Crippen molar-refractivity contribution >= 4 is 22.3 Å². The Hall–Kier alpha value is -2.33. The molecule has 0 radical (unpaired) electrons. The third kappa shape index (κ3) is 5.91. The van der Waals surface area contributed by atoms with E-state index in [4.69, 9.17) is 14.0 Å². The first-order chi connectivity index (χ1) is 11.8. The minimum atomic E-state index is -3.71. The molecule has 1 heterocycles. The number of hydrogen-bond donors (Lipinski definition) is 1. The third-order valence-electron chi connectivity index (χ3n) is 3.67. The largest absolute Gasteiger partial charge is 0.465 e. The van der Waals surface area contributed by atoms with Gasteiger partial charge in [0.25, 0.3) is 10.1 Å². The smallest absolute Gasteiger partial charge is 0.410 e. The molecule has 0 aromatic heterocycles. The van der Waals surface area contributed by atoms with Gasteiger partial charge in [-0.15, -0.1) is 0 Å². The molecule has 0 bridgehead atoms. The molecule has 138 valence electrons. The van der Waals surface area contributed by atoms with Gasteiger partial charge in [0.2, 0.25) is 0 Å². The van der Waals surface area contributed by atoms with Crippen molar-refractivity contribution in [3.05, 3.63) is 35.9 Å². The van der Waals surface area contributed by atoms with Crippen LogP contribution in [0.3, 0.4) is 0 Å². The van der Waals surface area contributed by atoms with E-state index >= 15 is 0 Å². The predicted molar refractivity (Wildman–Crippen MR) is 87.5 cm³/mol. The molecule has 1 N–H and O–H groups in total. The number of amides is 2. The molecule has 1 aliphatic rings. The summed E-state index contributed by atoms with van der Waals surface area (Å²) in [5.41, 5.74) is 0.809. The third-order valence-corrected chi connectivity index (χ3v) is 4.23. The molecule has 1 aromatic carbocycles. The molecule has 0 unspecified atom stereocenters. The van der Waals surface area contributed by atoms with Gasteiger partial charge in [-0.2, -0.15) is 8.42 Å². The molecule has 1 aliphatic heterocycles. The molecule has 0 saturated carbocycles. The van der Waals surface area contributed by atoms with Crippen molar-refractivity contribution in [2.45, 2.75) is 12.6 Å². The summed E-state index contributed by atoms with van der Waals surface area (Å²) in [6.45, 7) is -0.102. The van der Waals surface area contributed by atoms with Crippen LogP contribution in [-0.4, -0.2) is 74.0 Å². The van der Waals surface area contributed by atoms with Gasteiger partial charge in [0.05, 0.1) is 18.9 Å². The van der Waals surface area contributed by atoms with Gasteiger partial charge in [-0.05, 0) is 5.56 Å². The van der Waals surface area contributed by atoms with Crippen LogP contribution in [-0.2, 0) is 25.6 Å². The number of piperazine rings is 1. The normalized spacial score (nSPS) is 18.0. The van der Waals surface area contributed by atoms with E-state index in [0.29, 0.717) is 0 Å². The Bertz CT molecular complexity index is 708. The fourth-order valence-electron chi connectivity index (χ4n) is 2.42. The van der Waals surface area contributed by atoms with Crippen LogP contribution in [0, 0.1) is 0 Å². The Morgan fingerprint density at radius 3 is 2.52 bits per heavy atom. The molecule has 0 spiro atoms. The number of carbonyl (C=O) groups excluding carboxylic acids is 1. The SMILES string of the molecule is CS(=O)(=O)OC[C@H]1CN(C(=O)O)CCN1C(=O)OCc1ccccc1. The topological polar surface area (TPSA) is 113 Å². The van der Waals surface area contributed by atoms with E-state index in [0.717, 1.165) is 16.7 Å². The standard InChI is InChI=1S/C15H20N2O7S/c1-25(21,22)24-11-13-9-16(14(18)19)7-8-17(13)15(20)23-10-12-5-3-2-4-6-12/h2-6,13H,7-11H2,1H3,(H,18,19)/t13-/m1/s1. The lowest BCUT2D eigenvalue weighted by Crippen LogP contribution is -2.58. The fraction of sp³-hybridized carbons (Fsp3) is 0.467. The van der Waals surface area contributed by atoms with E-state index in [1.807, 2.05) is 18.2 Å². The second-order valence-corrected chi connectivity index (χ2v) is 7.25. The van der Waals surface area contributed by atoms with E-state index in [-0.39, 0.29) is 32.8 Å². The second-order valence-electron chi connectivity index (χ2n) is 5.60. The number of benzene rings is 1. The summed E-state index contributed by atoms with van der Waals surface area (Å²) in [5, 5.41) is 9.09. The number of nitrogens with zero attached hydrogens (tertiary/aromatic N) is 2. The Morgan fingerprint density at radius 2 is 1.92 bits per heavy atom. The van der Waals surface area contributed by atoms with E-state index < -0.39 is 28.3 Å². The van der Waals surface area contributed by atoms with Crippen LogP contribution < -0.4 is 0 Å². The first-order valence-electron chi connectivity index (χ1n) is 7.56. The van der Waals surface area contributed by atoms with Crippen LogP contribution in [0.5, 0.6) is 0 Å². The zero-order chi connectivity index (χ0) is 18.4. The molecular weight excluding hydrogens is 352 g/mol. The van der Waals surface area contributed by atoms with Crippen LogP contribution >= 0.6 is 0 Å². The van der Waals surface area contributed by atoms with E-state index in [2.05, 4.69) is 0 Å². The maximum atomic E-state index is 12.3. The first-order valence-corrected chi connectivity index (χ1v) is 9.37. The quantitative estimate of drug-likeness (QED) is 0.766. The summed E-state index contributed by atoms with van der Waals surface area (Å²) in [6.07, 6.45) is -0.888. The minimum absolute atomic E-state index is 0.0503. The fourth-order valence-corrected chi connectivity index (χ4v) is 2.82. The average molecular weight is 372 g/mol. The number of ether oxygens (including phenoxy) is 1. The van der Waals surface area contributed by atoms with Gasteiger partial charge in [0, 0.05) is 19.6 Å². The minimum Gasteiger partial charge on any atom is -0.465 e. The zero-order valence-corrected chi connectivity index (χ0v) is 14.5. The van der Waals surface area contributed by atoms with Crippen molar-refractivity contribution < 1.29 is 32.0 Å². The highest BCUT2D eigenvalue weighted by atomic mass is 32.2. The van der Waals surface area contributed by atoms with Crippen LogP contribution in [0.25, 0.3) is 0 Å². The summed E-state index contributed by atoms with van der Waals surface area (Å²) in [4.78, 5) is 25.8.